The summed E-state index contributed by atoms with van der Waals surface area (Å²) in [5, 5.41) is 10.4. The number of piperidine rings is 1. The number of rotatable bonds is 8. The van der Waals surface area contributed by atoms with Gasteiger partial charge in [-0.2, -0.15) is 0 Å². The Morgan fingerprint density at radius 3 is 2.96 bits per heavy atom. The lowest BCUT2D eigenvalue weighted by Gasteiger charge is -2.31. The van der Waals surface area contributed by atoms with Crippen LogP contribution >= 0.6 is 0 Å². The van der Waals surface area contributed by atoms with Gasteiger partial charge in [0.05, 0.1) is 26.0 Å². The number of aromatic nitrogens is 1. The first kappa shape index (κ1) is 20.8. The van der Waals surface area contributed by atoms with Crippen LogP contribution in [0.25, 0.3) is 0 Å². The fraction of sp³-hybridized carbons (Fsp3) is 0.737. The fourth-order valence-corrected chi connectivity index (χ4v) is 3.85. The van der Waals surface area contributed by atoms with E-state index in [-0.39, 0.29) is 23.5 Å². The van der Waals surface area contributed by atoms with Gasteiger partial charge in [-0.15, -0.1) is 0 Å². The Bertz CT molecular complexity index is 644. The summed E-state index contributed by atoms with van der Waals surface area (Å²) in [4.78, 5) is 26.2. The van der Waals surface area contributed by atoms with Gasteiger partial charge < -0.3 is 24.6 Å². The SMILES string of the molecule is COC(=O)c1cc(CC2CNCCC2CC(=O)NCCN2CCOCC2)no1. The van der Waals surface area contributed by atoms with E-state index in [2.05, 4.69) is 25.4 Å². The quantitative estimate of drug-likeness (QED) is 0.597. The van der Waals surface area contributed by atoms with Crippen LogP contribution in [-0.2, 0) is 20.7 Å². The van der Waals surface area contributed by atoms with Crippen LogP contribution in [0.4, 0.5) is 0 Å². The van der Waals surface area contributed by atoms with Gasteiger partial charge in [0.25, 0.3) is 0 Å². The molecule has 9 heteroatoms. The van der Waals surface area contributed by atoms with Gasteiger partial charge in [0.2, 0.25) is 11.7 Å². The van der Waals surface area contributed by atoms with Crippen molar-refractivity contribution < 1.29 is 23.6 Å². The molecule has 2 saturated heterocycles. The molecular weight excluding hydrogens is 364 g/mol. The van der Waals surface area contributed by atoms with Gasteiger partial charge >= 0.3 is 5.97 Å². The number of amides is 1. The predicted molar refractivity (Wildman–Crippen MR) is 101 cm³/mol. The number of carbonyl (C=O) groups is 2. The van der Waals surface area contributed by atoms with Crippen LogP contribution < -0.4 is 10.6 Å². The maximum atomic E-state index is 12.4. The number of nitrogens with zero attached hydrogens (tertiary/aromatic N) is 2. The number of hydrogen-bond donors (Lipinski definition) is 2. The predicted octanol–water partition coefficient (Wildman–Crippen LogP) is 0.0679. The zero-order chi connectivity index (χ0) is 19.8. The minimum atomic E-state index is -0.531. The Balaban J connectivity index is 1.45. The van der Waals surface area contributed by atoms with E-state index in [0.717, 1.165) is 52.4 Å². The molecule has 1 amide bonds. The second kappa shape index (κ2) is 10.5. The lowest BCUT2D eigenvalue weighted by Crippen LogP contribution is -2.43. The summed E-state index contributed by atoms with van der Waals surface area (Å²) in [5.41, 5.74) is 0.715. The first-order chi connectivity index (χ1) is 13.7. The number of nitrogens with one attached hydrogen (secondary N) is 2. The molecule has 9 nitrogen and oxygen atoms in total. The van der Waals surface area contributed by atoms with Crippen LogP contribution in [0.3, 0.4) is 0 Å². The summed E-state index contributed by atoms with van der Waals surface area (Å²) in [6.07, 6.45) is 2.12. The minimum absolute atomic E-state index is 0.0977. The van der Waals surface area contributed by atoms with E-state index in [9.17, 15) is 9.59 Å². The van der Waals surface area contributed by atoms with Crippen molar-refractivity contribution in [3.8, 4) is 0 Å². The van der Waals surface area contributed by atoms with Crippen molar-refractivity contribution in [2.75, 3.05) is 59.6 Å². The van der Waals surface area contributed by atoms with E-state index in [1.165, 1.54) is 7.11 Å². The molecule has 2 aliphatic heterocycles. The lowest BCUT2D eigenvalue weighted by atomic mass is 9.81. The number of morpholine rings is 1. The summed E-state index contributed by atoms with van der Waals surface area (Å²) in [6, 6.07) is 1.62. The van der Waals surface area contributed by atoms with Gasteiger partial charge in [0, 0.05) is 38.7 Å². The third-order valence-electron chi connectivity index (χ3n) is 5.48. The Kier molecular flexibility index (Phi) is 7.81. The van der Waals surface area contributed by atoms with Crippen LogP contribution in [-0.4, -0.2) is 81.5 Å². The normalized spacial score (nSPS) is 23.3. The van der Waals surface area contributed by atoms with Gasteiger partial charge in [-0.3, -0.25) is 9.69 Å². The largest absolute Gasteiger partial charge is 0.463 e. The van der Waals surface area contributed by atoms with Crippen molar-refractivity contribution in [3.05, 3.63) is 17.5 Å². The summed E-state index contributed by atoms with van der Waals surface area (Å²) in [6.45, 7) is 6.66. The number of methoxy groups -OCH3 is 1. The highest BCUT2D eigenvalue weighted by Crippen LogP contribution is 2.26. The molecule has 3 heterocycles. The first-order valence-corrected chi connectivity index (χ1v) is 9.97. The fourth-order valence-electron chi connectivity index (χ4n) is 3.85. The maximum Gasteiger partial charge on any atom is 0.376 e. The zero-order valence-corrected chi connectivity index (χ0v) is 16.4. The summed E-state index contributed by atoms with van der Waals surface area (Å²) < 4.78 is 15.0. The highest BCUT2D eigenvalue weighted by molar-refractivity contribution is 5.86. The number of ether oxygens (including phenoxy) is 2. The molecule has 2 aliphatic rings. The molecule has 1 aromatic heterocycles. The van der Waals surface area contributed by atoms with Crippen molar-refractivity contribution in [1.29, 1.82) is 0 Å². The monoisotopic (exact) mass is 394 g/mol. The molecule has 2 unspecified atom stereocenters. The molecule has 3 rings (SSSR count). The van der Waals surface area contributed by atoms with Crippen LogP contribution in [0.5, 0.6) is 0 Å². The van der Waals surface area contributed by atoms with E-state index < -0.39 is 5.97 Å². The topological polar surface area (TPSA) is 106 Å². The van der Waals surface area contributed by atoms with Gasteiger partial charge in [0.15, 0.2) is 0 Å². The molecule has 0 saturated carbocycles. The maximum absolute atomic E-state index is 12.4. The van der Waals surface area contributed by atoms with Crippen LogP contribution in [0, 0.1) is 11.8 Å². The smallest absolute Gasteiger partial charge is 0.376 e. The highest BCUT2D eigenvalue weighted by Gasteiger charge is 2.28. The van der Waals surface area contributed by atoms with Crippen molar-refractivity contribution in [3.63, 3.8) is 0 Å². The highest BCUT2D eigenvalue weighted by atomic mass is 16.5. The molecule has 156 valence electrons. The molecule has 0 bridgehead atoms. The van der Waals surface area contributed by atoms with Crippen LogP contribution in [0.1, 0.15) is 29.1 Å². The number of esters is 1. The third-order valence-corrected chi connectivity index (χ3v) is 5.48. The van der Waals surface area contributed by atoms with Crippen LogP contribution in [0.15, 0.2) is 10.6 Å². The third kappa shape index (κ3) is 6.02. The van der Waals surface area contributed by atoms with E-state index in [1.807, 2.05) is 0 Å². The molecule has 2 N–H and O–H groups in total. The van der Waals surface area contributed by atoms with Crippen LogP contribution in [0.2, 0.25) is 0 Å². The van der Waals surface area contributed by atoms with Crippen molar-refractivity contribution in [2.45, 2.75) is 19.3 Å². The molecule has 0 aromatic carbocycles. The summed E-state index contributed by atoms with van der Waals surface area (Å²) >= 11 is 0. The Labute approximate surface area is 165 Å². The molecular formula is C19H30N4O5. The zero-order valence-electron chi connectivity index (χ0n) is 16.4. The first-order valence-electron chi connectivity index (χ1n) is 9.97. The molecule has 2 atom stereocenters. The standard InChI is InChI=1S/C19H30N4O5/c1-26-19(25)17-12-16(22-28-17)10-15-13-20-3-2-14(15)11-18(24)21-4-5-23-6-8-27-9-7-23/h12,14-15,20H,2-11,13H2,1H3,(H,21,24). The van der Waals surface area contributed by atoms with E-state index in [0.29, 0.717) is 25.1 Å². The minimum Gasteiger partial charge on any atom is -0.463 e. The number of hydrogen-bond acceptors (Lipinski definition) is 8. The Morgan fingerprint density at radius 1 is 1.36 bits per heavy atom. The number of carbonyl (C=O) groups excluding carboxylic acids is 2. The Hall–Kier alpha value is -1.97. The average Bonchev–Trinajstić information content (AvgIpc) is 3.18. The van der Waals surface area contributed by atoms with Gasteiger partial charge in [-0.05, 0) is 37.8 Å². The molecule has 1 aromatic rings. The Morgan fingerprint density at radius 2 is 2.18 bits per heavy atom. The summed E-state index contributed by atoms with van der Waals surface area (Å²) in [5.74, 6) is 0.230. The van der Waals surface area contributed by atoms with Crippen molar-refractivity contribution >= 4 is 11.9 Å². The lowest BCUT2D eigenvalue weighted by molar-refractivity contribution is -0.122. The van der Waals surface area contributed by atoms with Crippen molar-refractivity contribution in [1.82, 2.24) is 20.7 Å². The van der Waals surface area contributed by atoms with Gasteiger partial charge in [0.1, 0.15) is 0 Å². The second-order valence-corrected chi connectivity index (χ2v) is 7.40. The molecule has 28 heavy (non-hydrogen) atoms. The molecule has 2 fully saturated rings. The van der Waals surface area contributed by atoms with E-state index >= 15 is 0 Å². The van der Waals surface area contributed by atoms with Gasteiger partial charge in [-0.25, -0.2) is 4.79 Å². The molecule has 0 spiro atoms. The average molecular weight is 394 g/mol. The van der Waals surface area contributed by atoms with Crippen molar-refractivity contribution in [2.24, 2.45) is 11.8 Å². The molecule has 0 aliphatic carbocycles. The van der Waals surface area contributed by atoms with E-state index in [1.54, 1.807) is 6.07 Å². The van der Waals surface area contributed by atoms with E-state index in [4.69, 9.17) is 9.26 Å². The summed E-state index contributed by atoms with van der Waals surface area (Å²) in [7, 11) is 1.31. The van der Waals surface area contributed by atoms with Gasteiger partial charge in [-0.1, -0.05) is 5.16 Å². The second-order valence-electron chi connectivity index (χ2n) is 7.40. The molecule has 0 radical (unpaired) electrons.